The van der Waals surface area contributed by atoms with Gasteiger partial charge < -0.3 is 14.5 Å². The van der Waals surface area contributed by atoms with Crippen LogP contribution in [0.2, 0.25) is 0 Å². The molecule has 3 aromatic rings. The van der Waals surface area contributed by atoms with Crippen molar-refractivity contribution in [3.63, 3.8) is 0 Å². The second-order valence-corrected chi connectivity index (χ2v) is 7.10. The Morgan fingerprint density at radius 2 is 1.76 bits per heavy atom. The average Bonchev–Trinajstić information content (AvgIpc) is 3.01. The van der Waals surface area contributed by atoms with Crippen LogP contribution in [0.5, 0.6) is 0 Å². The first kappa shape index (κ1) is 20.4. The van der Waals surface area contributed by atoms with Crippen molar-refractivity contribution in [2.45, 2.75) is 45.8 Å². The van der Waals surface area contributed by atoms with Gasteiger partial charge in [0.15, 0.2) is 11.7 Å². The maximum absolute atomic E-state index is 12.4. The molecule has 0 spiro atoms. The Hall–Kier alpha value is -3.35. The topological polar surface area (TPSA) is 90.5 Å². The van der Waals surface area contributed by atoms with E-state index in [1.54, 1.807) is 24.3 Å². The van der Waals surface area contributed by atoms with Gasteiger partial charge in [0.05, 0.1) is 11.9 Å². The van der Waals surface area contributed by atoms with Crippen LogP contribution >= 0.6 is 0 Å². The number of amides is 1. The van der Waals surface area contributed by atoms with Crippen LogP contribution in [0.3, 0.4) is 0 Å². The van der Waals surface area contributed by atoms with E-state index in [4.69, 9.17) is 9.15 Å². The number of ether oxygens (including phenoxy) is 1. The monoisotopic (exact) mass is 396 g/mol. The largest absolute Gasteiger partial charge is 0.452 e. The molecule has 0 aliphatic carbocycles. The lowest BCUT2D eigenvalue weighted by Gasteiger charge is -2.17. The van der Waals surface area contributed by atoms with Crippen LogP contribution in [0.1, 0.15) is 38.7 Å². The highest BCUT2D eigenvalue weighted by Gasteiger charge is 2.20. The second kappa shape index (κ2) is 8.77. The first-order valence-electron chi connectivity index (χ1n) is 9.54. The zero-order chi connectivity index (χ0) is 21.0. The van der Waals surface area contributed by atoms with Crippen molar-refractivity contribution in [1.29, 1.82) is 0 Å². The zero-order valence-corrected chi connectivity index (χ0v) is 16.7. The van der Waals surface area contributed by atoms with Crippen molar-refractivity contribution < 1.29 is 18.7 Å². The molecule has 1 N–H and O–H groups in total. The van der Waals surface area contributed by atoms with Crippen molar-refractivity contribution in [3.05, 3.63) is 64.6 Å². The molecule has 1 aromatic heterocycles. The van der Waals surface area contributed by atoms with Gasteiger partial charge in [-0.1, -0.05) is 44.2 Å². The molecule has 1 atom stereocenters. The van der Waals surface area contributed by atoms with E-state index in [1.165, 1.54) is 11.5 Å². The second-order valence-electron chi connectivity index (χ2n) is 7.10. The fraction of sp³-hybridized carbons (Fsp3) is 0.318. The number of aromatic nitrogens is 1. The van der Waals surface area contributed by atoms with Crippen LogP contribution in [-0.2, 0) is 20.9 Å². The molecule has 0 unspecified atom stereocenters. The number of anilines is 1. The van der Waals surface area contributed by atoms with Crippen LogP contribution in [0.4, 0.5) is 5.69 Å². The highest BCUT2D eigenvalue weighted by Crippen LogP contribution is 2.24. The number of benzene rings is 2. The molecule has 1 amide bonds. The third-order valence-electron chi connectivity index (χ3n) is 4.63. The number of hydrogen-bond acceptors (Lipinski definition) is 5. The smallest absolute Gasteiger partial charge is 0.419 e. The van der Waals surface area contributed by atoms with Crippen LogP contribution < -0.4 is 11.1 Å². The number of carbonyl (C=O) groups is 2. The molecule has 0 aliphatic heterocycles. The van der Waals surface area contributed by atoms with Gasteiger partial charge in [-0.15, -0.1) is 0 Å². The normalized spacial score (nSPS) is 12.1. The molecular weight excluding hydrogens is 372 g/mol. The van der Waals surface area contributed by atoms with Crippen LogP contribution in [0.25, 0.3) is 11.1 Å². The quantitative estimate of drug-likeness (QED) is 0.615. The highest BCUT2D eigenvalue weighted by molar-refractivity contribution is 5.95. The van der Waals surface area contributed by atoms with E-state index in [-0.39, 0.29) is 18.9 Å². The first-order chi connectivity index (χ1) is 13.9. The predicted octanol–water partition coefficient (Wildman–Crippen LogP) is 3.68. The van der Waals surface area contributed by atoms with E-state index >= 15 is 0 Å². The van der Waals surface area contributed by atoms with Gasteiger partial charge in [0, 0.05) is 12.2 Å². The molecule has 0 saturated heterocycles. The molecule has 7 nitrogen and oxygen atoms in total. The number of rotatable bonds is 7. The number of esters is 1. The zero-order valence-electron chi connectivity index (χ0n) is 16.7. The van der Waals surface area contributed by atoms with Gasteiger partial charge in [0.1, 0.15) is 0 Å². The van der Waals surface area contributed by atoms with Crippen molar-refractivity contribution >= 4 is 28.7 Å². The van der Waals surface area contributed by atoms with E-state index in [0.717, 1.165) is 5.56 Å². The van der Waals surface area contributed by atoms with Crippen LogP contribution in [-0.4, -0.2) is 22.5 Å². The van der Waals surface area contributed by atoms with Crippen molar-refractivity contribution in [2.75, 3.05) is 5.32 Å². The maximum Gasteiger partial charge on any atom is 0.419 e. The van der Waals surface area contributed by atoms with Gasteiger partial charge in [0.25, 0.3) is 5.91 Å². The Kier molecular flexibility index (Phi) is 6.16. The Morgan fingerprint density at radius 3 is 2.52 bits per heavy atom. The van der Waals surface area contributed by atoms with E-state index in [1.807, 2.05) is 38.1 Å². The molecule has 0 fully saturated rings. The Balaban J connectivity index is 1.58. The number of oxazole rings is 1. The fourth-order valence-corrected chi connectivity index (χ4v) is 3.09. The summed E-state index contributed by atoms with van der Waals surface area (Å²) in [5, 5.41) is 2.81. The summed E-state index contributed by atoms with van der Waals surface area (Å²) in [5.41, 5.74) is 2.78. The summed E-state index contributed by atoms with van der Waals surface area (Å²) in [5.74, 6) is -1.26. The van der Waals surface area contributed by atoms with E-state index < -0.39 is 23.7 Å². The number of nitrogens with zero attached hydrogens (tertiary/aromatic N) is 1. The lowest BCUT2D eigenvalue weighted by atomic mass is 10.0. The molecule has 152 valence electrons. The summed E-state index contributed by atoms with van der Waals surface area (Å²) < 4.78 is 11.8. The molecule has 0 radical (unpaired) electrons. The minimum Gasteiger partial charge on any atom is -0.452 e. The third kappa shape index (κ3) is 4.74. The molecular formula is C22H24N2O5. The lowest BCUT2D eigenvalue weighted by molar-refractivity contribution is -0.153. The van der Waals surface area contributed by atoms with Gasteiger partial charge in [0.2, 0.25) is 0 Å². The minimum atomic E-state index is -0.958. The van der Waals surface area contributed by atoms with Gasteiger partial charge in [-0.25, -0.2) is 4.79 Å². The average molecular weight is 396 g/mol. The number of aryl methyl sites for hydroxylation is 1. The molecule has 3 rings (SSSR count). The summed E-state index contributed by atoms with van der Waals surface area (Å²) in [6.45, 7) is 5.70. The maximum atomic E-state index is 12.4. The molecule has 1 heterocycles. The van der Waals surface area contributed by atoms with E-state index in [2.05, 4.69) is 5.32 Å². The van der Waals surface area contributed by atoms with Crippen molar-refractivity contribution in [1.82, 2.24) is 4.57 Å². The Labute approximate surface area is 168 Å². The van der Waals surface area contributed by atoms with Gasteiger partial charge >= 0.3 is 11.7 Å². The first-order valence-corrected chi connectivity index (χ1v) is 9.54. The summed E-state index contributed by atoms with van der Waals surface area (Å²) in [4.78, 5) is 36.6. The number of carbonyl (C=O) groups excluding carboxylic acids is 2. The highest BCUT2D eigenvalue weighted by atomic mass is 16.5. The van der Waals surface area contributed by atoms with Crippen molar-refractivity contribution in [2.24, 2.45) is 0 Å². The third-order valence-corrected chi connectivity index (χ3v) is 4.63. The van der Waals surface area contributed by atoms with Crippen molar-refractivity contribution in [3.8, 4) is 0 Å². The number of hydrogen-bond donors (Lipinski definition) is 1. The summed E-state index contributed by atoms with van der Waals surface area (Å²) >= 11 is 0. The van der Waals surface area contributed by atoms with Crippen LogP contribution in [0.15, 0.2) is 57.7 Å². The molecule has 29 heavy (non-hydrogen) atoms. The summed E-state index contributed by atoms with van der Waals surface area (Å²) in [6, 6.07) is 14.5. The summed E-state index contributed by atoms with van der Waals surface area (Å²) in [7, 11) is 0. The van der Waals surface area contributed by atoms with E-state index in [9.17, 15) is 14.4 Å². The standard InChI is InChI=1S/C22H24N2O5/c1-14(2)16-8-4-5-9-17(16)23-21(26)15(3)28-20(25)12-13-24-18-10-6-7-11-19(18)29-22(24)27/h4-11,14-15H,12-13H2,1-3H3,(H,23,26)/t15-/m1/s1. The Morgan fingerprint density at radius 1 is 1.07 bits per heavy atom. The predicted molar refractivity (Wildman–Crippen MR) is 110 cm³/mol. The molecule has 0 bridgehead atoms. The molecule has 2 aromatic carbocycles. The van der Waals surface area contributed by atoms with Gasteiger partial charge in [-0.05, 0) is 36.6 Å². The lowest BCUT2D eigenvalue weighted by Crippen LogP contribution is -2.31. The van der Waals surface area contributed by atoms with Gasteiger partial charge in [-0.3, -0.25) is 14.2 Å². The van der Waals surface area contributed by atoms with Gasteiger partial charge in [-0.2, -0.15) is 0 Å². The molecule has 7 heteroatoms. The minimum absolute atomic E-state index is 0.0519. The molecule has 0 saturated carbocycles. The molecule has 0 aliphatic rings. The Bertz CT molecular complexity index is 1080. The number of fused-ring (bicyclic) bond motifs is 1. The van der Waals surface area contributed by atoms with Crippen LogP contribution in [0, 0.1) is 0 Å². The SMILES string of the molecule is CC(C)c1ccccc1NC(=O)[C@@H](C)OC(=O)CCn1c(=O)oc2ccccc21. The van der Waals surface area contributed by atoms with E-state index in [0.29, 0.717) is 16.8 Å². The number of nitrogens with one attached hydrogen (secondary N) is 1. The fourth-order valence-electron chi connectivity index (χ4n) is 3.09. The summed E-state index contributed by atoms with van der Waals surface area (Å²) in [6.07, 6.45) is -1.01. The number of para-hydroxylation sites is 3.